The van der Waals surface area contributed by atoms with Crippen molar-refractivity contribution in [2.75, 3.05) is 21.1 Å². The summed E-state index contributed by atoms with van der Waals surface area (Å²) in [6.07, 6.45) is 6.14. The summed E-state index contributed by atoms with van der Waals surface area (Å²) in [5, 5.41) is 0. The van der Waals surface area contributed by atoms with Crippen LogP contribution in [-0.2, 0) is 13.6 Å². The van der Waals surface area contributed by atoms with Crippen LogP contribution < -0.4 is 43.4 Å². The predicted octanol–water partition coefficient (Wildman–Crippen LogP) is -6.90. The van der Waals surface area contributed by atoms with Crippen LogP contribution in [0.15, 0.2) is 18.7 Å². The lowest BCUT2D eigenvalue weighted by molar-refractivity contribution is -0.836. The third-order valence-corrected chi connectivity index (χ3v) is 1.19. The molecule has 1 aromatic rings. The zero-order chi connectivity index (χ0) is 9.56. The van der Waals surface area contributed by atoms with Crippen molar-refractivity contribution in [1.29, 1.82) is 0 Å². The lowest BCUT2D eigenvalue weighted by atomic mass is 10.7. The zero-order valence-corrected chi connectivity index (χ0v) is 12.8. The first-order valence-corrected chi connectivity index (χ1v) is 4.34. The molecule has 0 aromatic carbocycles. The van der Waals surface area contributed by atoms with Crippen molar-refractivity contribution in [1.82, 2.24) is 4.57 Å². The van der Waals surface area contributed by atoms with Crippen LogP contribution in [-0.4, -0.2) is 25.7 Å². The van der Waals surface area contributed by atoms with Gasteiger partial charge < -0.3 is 38.9 Å². The maximum atomic E-state index is 2.12. The number of rotatable bonds is 1. The Hall–Kier alpha value is 0.130. The normalized spacial score (nSPS) is 8.14. The van der Waals surface area contributed by atoms with Crippen molar-refractivity contribution < 1.29 is 43.4 Å². The van der Waals surface area contributed by atoms with Gasteiger partial charge in [0.05, 0.1) is 34.7 Å². The van der Waals surface area contributed by atoms with Crippen LogP contribution in [0, 0.1) is 0 Å². The molecule has 5 heteroatoms. The summed E-state index contributed by atoms with van der Waals surface area (Å²) in [4.78, 5) is 1.42. The van der Waals surface area contributed by atoms with Crippen molar-refractivity contribution >= 4 is 0 Å². The van der Waals surface area contributed by atoms with Gasteiger partial charge in [0.2, 0.25) is 6.33 Å². The van der Waals surface area contributed by atoms with Crippen molar-refractivity contribution in [2.45, 2.75) is 13.5 Å². The van der Waals surface area contributed by atoms with E-state index < -0.39 is 0 Å². The summed E-state index contributed by atoms with van der Waals surface area (Å²) < 4.78 is 4.16. The molecule has 0 bridgehead atoms. The Morgan fingerprint density at radius 3 is 1.79 bits per heavy atom. The van der Waals surface area contributed by atoms with Crippen LogP contribution in [0.4, 0.5) is 0 Å². The Morgan fingerprint density at radius 1 is 1.21 bits per heavy atom. The zero-order valence-electron chi connectivity index (χ0n) is 9.59. The largest absolute Gasteiger partial charge is 1.00 e. The fourth-order valence-corrected chi connectivity index (χ4v) is 0.689. The van der Waals surface area contributed by atoms with Gasteiger partial charge in [0, 0.05) is 0 Å². The maximum Gasteiger partial charge on any atom is 0.243 e. The van der Waals surface area contributed by atoms with E-state index in [-0.39, 0.29) is 34.0 Å². The van der Waals surface area contributed by atoms with E-state index in [4.69, 9.17) is 0 Å². The number of nitrogens with one attached hydrogen (secondary N) is 1. The highest BCUT2D eigenvalue weighted by molar-refractivity contribution is 4.63. The molecule has 0 amide bonds. The van der Waals surface area contributed by atoms with Crippen LogP contribution >= 0.6 is 0 Å². The summed E-state index contributed by atoms with van der Waals surface area (Å²) in [6, 6.07) is 0. The van der Waals surface area contributed by atoms with Crippen LogP contribution in [0.1, 0.15) is 6.92 Å². The fraction of sp³-hybridized carbons (Fsp3) is 0.667. The summed E-state index contributed by atoms with van der Waals surface area (Å²) >= 11 is 0. The Kier molecular flexibility index (Phi) is 15.7. The van der Waals surface area contributed by atoms with E-state index >= 15 is 0 Å². The summed E-state index contributed by atoms with van der Waals surface area (Å²) in [5.41, 5.74) is 0. The molecule has 1 heterocycles. The Bertz CT molecular complexity index is 209. The molecule has 0 unspecified atom stereocenters. The van der Waals surface area contributed by atoms with E-state index in [1.54, 1.807) is 0 Å². The highest BCUT2D eigenvalue weighted by Crippen LogP contribution is 1.79. The van der Waals surface area contributed by atoms with Gasteiger partial charge in [-0.15, -0.1) is 0 Å². The Balaban J connectivity index is -0.000000180. The number of aryl methyl sites for hydroxylation is 2. The molecule has 0 aliphatic carbocycles. The first kappa shape index (κ1) is 19.7. The fourth-order valence-electron chi connectivity index (χ4n) is 0.689. The molecule has 3 nitrogen and oxygen atoms in total. The van der Waals surface area contributed by atoms with Gasteiger partial charge in [-0.25, -0.2) is 9.13 Å². The third kappa shape index (κ3) is 12.1. The lowest BCUT2D eigenvalue weighted by Gasteiger charge is -1.88. The summed E-state index contributed by atoms with van der Waals surface area (Å²) in [5.74, 6) is 0. The van der Waals surface area contributed by atoms with Crippen molar-refractivity contribution in [2.24, 2.45) is 7.05 Å². The van der Waals surface area contributed by atoms with Gasteiger partial charge in [0.25, 0.3) is 0 Å². The molecule has 14 heavy (non-hydrogen) atoms. The predicted molar refractivity (Wildman–Crippen MR) is 50.0 cm³/mol. The van der Waals surface area contributed by atoms with Gasteiger partial charge in [-0.3, -0.25) is 0 Å². The quantitative estimate of drug-likeness (QED) is 0.492. The van der Waals surface area contributed by atoms with E-state index in [1.807, 2.05) is 17.8 Å². The average Bonchev–Trinajstić information content (AvgIpc) is 2.34. The molecule has 0 aliphatic rings. The minimum Gasteiger partial charge on any atom is -1.00 e. The lowest BCUT2D eigenvalue weighted by Crippen LogP contribution is -3.02. The van der Waals surface area contributed by atoms with Crippen LogP contribution in [0.5, 0.6) is 0 Å². The molecule has 0 atom stereocenters. The second-order valence-corrected chi connectivity index (χ2v) is 3.41. The third-order valence-electron chi connectivity index (χ3n) is 1.19. The number of hydrogen-bond donors (Lipinski definition) is 1. The van der Waals surface area contributed by atoms with E-state index in [9.17, 15) is 0 Å². The van der Waals surface area contributed by atoms with Gasteiger partial charge in [-0.1, -0.05) is 0 Å². The molecule has 86 valence electrons. The molecule has 0 radical (unpaired) electrons. The molecule has 0 spiro atoms. The first-order chi connectivity index (χ1) is 5.56. The van der Waals surface area contributed by atoms with Crippen LogP contribution in [0.2, 0.25) is 0 Å². The molecule has 0 saturated carbocycles. The maximum absolute atomic E-state index is 2.12. The van der Waals surface area contributed by atoms with E-state index in [1.165, 1.54) is 4.90 Å². The van der Waals surface area contributed by atoms with Gasteiger partial charge in [0.15, 0.2) is 0 Å². The van der Waals surface area contributed by atoms with Crippen molar-refractivity contribution in [3.05, 3.63) is 18.7 Å². The van der Waals surface area contributed by atoms with E-state index in [0.29, 0.717) is 0 Å². The van der Waals surface area contributed by atoms with Gasteiger partial charge >= 0.3 is 0 Å². The number of imidazole rings is 1. The minimum atomic E-state index is 0. The minimum absolute atomic E-state index is 0. The molecular weight excluding hydrogens is 310 g/mol. The summed E-state index contributed by atoms with van der Waals surface area (Å²) in [7, 11) is 8.27. The molecule has 1 aromatic heterocycles. The SMILES string of the molecule is CCn1cc[n+](C)c1.C[NH+](C)C.[Br-].[Br-]. The Labute approximate surface area is 108 Å². The molecule has 0 aliphatic heterocycles. The molecule has 0 fully saturated rings. The number of nitrogens with zero attached hydrogens (tertiary/aromatic N) is 2. The van der Waals surface area contributed by atoms with Gasteiger partial charge in [0.1, 0.15) is 12.4 Å². The second kappa shape index (κ2) is 11.2. The molecular formula is C9H21Br2N3. The average molecular weight is 331 g/mol. The number of halogens is 2. The smallest absolute Gasteiger partial charge is 0.243 e. The number of aromatic nitrogens is 2. The highest BCUT2D eigenvalue weighted by Gasteiger charge is 1.92. The van der Waals surface area contributed by atoms with Crippen molar-refractivity contribution in [3.8, 4) is 0 Å². The van der Waals surface area contributed by atoms with Gasteiger partial charge in [-0.05, 0) is 6.92 Å². The van der Waals surface area contributed by atoms with Crippen molar-refractivity contribution in [3.63, 3.8) is 0 Å². The molecule has 1 N–H and O–H groups in total. The molecule has 1 rings (SSSR count). The monoisotopic (exact) mass is 329 g/mol. The number of quaternary nitrogens is 1. The topological polar surface area (TPSA) is 13.2 Å². The van der Waals surface area contributed by atoms with Gasteiger partial charge in [-0.2, -0.15) is 0 Å². The van der Waals surface area contributed by atoms with Crippen LogP contribution in [0.3, 0.4) is 0 Å². The first-order valence-electron chi connectivity index (χ1n) is 4.34. The highest BCUT2D eigenvalue weighted by atomic mass is 79.9. The molecule has 0 saturated heterocycles. The van der Waals surface area contributed by atoms with Crippen LogP contribution in [0.25, 0.3) is 0 Å². The summed E-state index contributed by atoms with van der Waals surface area (Å²) in [6.45, 7) is 3.18. The second-order valence-electron chi connectivity index (χ2n) is 3.41. The van der Waals surface area contributed by atoms with E-state index in [0.717, 1.165) is 6.54 Å². The number of hydrogen-bond acceptors (Lipinski definition) is 0. The standard InChI is InChI=1S/C6H11N2.C3H9N.2BrH/c1-3-8-5-4-7(2)6-8;1-4(2)3;;/h4-6H,3H2,1-2H3;1-3H3;2*1H/q+1;;;/p-1. The van der Waals surface area contributed by atoms with E-state index in [2.05, 4.69) is 45.2 Å². The Morgan fingerprint density at radius 2 is 1.64 bits per heavy atom.